The molecule has 0 bridgehead atoms. The largest absolute Gasteiger partial charge is 0.467 e. The van der Waals surface area contributed by atoms with Gasteiger partial charge in [-0.3, -0.25) is 9.59 Å². The van der Waals surface area contributed by atoms with Crippen molar-refractivity contribution in [2.45, 2.75) is 25.0 Å². The minimum atomic E-state index is -0.0666. The minimum Gasteiger partial charge on any atom is -0.467 e. The molecule has 0 atom stereocenters. The van der Waals surface area contributed by atoms with Gasteiger partial charge in [-0.2, -0.15) is 0 Å². The van der Waals surface area contributed by atoms with Gasteiger partial charge in [0.25, 0.3) is 0 Å². The van der Waals surface area contributed by atoms with Gasteiger partial charge in [-0.25, -0.2) is 4.68 Å². The van der Waals surface area contributed by atoms with Crippen molar-refractivity contribution in [1.82, 2.24) is 20.2 Å². The van der Waals surface area contributed by atoms with Crippen molar-refractivity contribution >= 4 is 29.1 Å². The quantitative estimate of drug-likeness (QED) is 0.479. The first-order chi connectivity index (χ1) is 12.7. The van der Waals surface area contributed by atoms with Gasteiger partial charge in [0, 0.05) is 17.7 Å². The summed E-state index contributed by atoms with van der Waals surface area (Å²) in [6.45, 7) is 2.19. The number of rotatable bonds is 8. The molecule has 1 aromatic carbocycles. The van der Waals surface area contributed by atoms with Crippen molar-refractivity contribution in [3.63, 3.8) is 0 Å². The van der Waals surface area contributed by atoms with E-state index >= 15 is 0 Å². The van der Waals surface area contributed by atoms with Crippen molar-refractivity contribution in [3.8, 4) is 0 Å². The Morgan fingerprint density at radius 3 is 2.73 bits per heavy atom. The molecule has 9 heteroatoms. The van der Waals surface area contributed by atoms with E-state index in [-0.39, 0.29) is 17.4 Å². The molecule has 1 N–H and O–H groups in total. The molecule has 1 amide bonds. The Hall–Kier alpha value is -2.94. The molecule has 0 radical (unpaired) electrons. The van der Waals surface area contributed by atoms with Crippen LogP contribution < -0.4 is 5.32 Å². The van der Waals surface area contributed by atoms with Gasteiger partial charge in [-0.15, -0.1) is 5.10 Å². The van der Waals surface area contributed by atoms with Crippen LogP contribution >= 0.6 is 11.8 Å². The van der Waals surface area contributed by atoms with Crippen LogP contribution in [0.1, 0.15) is 29.5 Å². The molecule has 8 nitrogen and oxygen atoms in total. The lowest BCUT2D eigenvalue weighted by molar-refractivity contribution is -0.115. The number of nitrogens with one attached hydrogen (secondary N) is 1. The third kappa shape index (κ3) is 4.57. The van der Waals surface area contributed by atoms with E-state index < -0.39 is 0 Å². The second-order valence-electron chi connectivity index (χ2n) is 5.39. The van der Waals surface area contributed by atoms with Crippen LogP contribution in [0.5, 0.6) is 0 Å². The number of furan rings is 1. The third-order valence-electron chi connectivity index (χ3n) is 3.53. The number of amides is 1. The predicted molar refractivity (Wildman–Crippen MR) is 96.0 cm³/mol. The first kappa shape index (κ1) is 17.9. The van der Waals surface area contributed by atoms with Crippen LogP contribution in [0.3, 0.4) is 0 Å². The fourth-order valence-corrected chi connectivity index (χ4v) is 2.92. The number of carbonyl (C=O) groups is 2. The topological polar surface area (TPSA) is 103 Å². The standard InChI is InChI=1S/C17H17N5O3S/c1-2-16(24)18-13-7-5-12(6-8-13)15(23)11-26-17-19-20-21-22(17)10-14-4-3-9-25-14/h3-9H,2,10-11H2,1H3,(H,18,24). The second kappa shape index (κ2) is 8.43. The molecule has 3 aromatic rings. The smallest absolute Gasteiger partial charge is 0.224 e. The number of tetrazole rings is 1. The molecule has 134 valence electrons. The highest BCUT2D eigenvalue weighted by Gasteiger charge is 2.13. The Bertz CT molecular complexity index is 874. The molecule has 0 aliphatic rings. The molecule has 0 aliphatic heterocycles. The molecule has 3 rings (SSSR count). The number of aromatic nitrogens is 4. The van der Waals surface area contributed by atoms with E-state index in [0.29, 0.717) is 29.4 Å². The van der Waals surface area contributed by atoms with Crippen molar-refractivity contribution in [3.05, 3.63) is 54.0 Å². The number of hydrogen-bond acceptors (Lipinski definition) is 7. The number of nitrogens with zero attached hydrogens (tertiary/aromatic N) is 4. The van der Waals surface area contributed by atoms with E-state index in [1.807, 2.05) is 6.07 Å². The summed E-state index contributed by atoms with van der Waals surface area (Å²) < 4.78 is 6.86. The number of hydrogen-bond donors (Lipinski definition) is 1. The van der Waals surface area contributed by atoms with Crippen molar-refractivity contribution < 1.29 is 14.0 Å². The maximum absolute atomic E-state index is 12.4. The maximum atomic E-state index is 12.4. The number of anilines is 1. The lowest BCUT2D eigenvalue weighted by atomic mass is 10.1. The van der Waals surface area contributed by atoms with Gasteiger partial charge in [-0.1, -0.05) is 18.7 Å². The van der Waals surface area contributed by atoms with Crippen LogP contribution in [-0.2, 0) is 11.3 Å². The molecular formula is C17H17N5O3S. The highest BCUT2D eigenvalue weighted by Crippen LogP contribution is 2.18. The Labute approximate surface area is 154 Å². The number of Topliss-reactive ketones (excluding diaryl/α,β-unsaturated/α-hetero) is 1. The summed E-state index contributed by atoms with van der Waals surface area (Å²) >= 11 is 1.26. The number of benzene rings is 1. The summed E-state index contributed by atoms with van der Waals surface area (Å²) in [5.74, 6) is 0.827. The summed E-state index contributed by atoms with van der Waals surface area (Å²) in [6.07, 6.45) is 1.99. The molecule has 0 fully saturated rings. The number of carbonyl (C=O) groups excluding carboxylic acids is 2. The zero-order valence-electron chi connectivity index (χ0n) is 14.1. The Morgan fingerprint density at radius 1 is 1.23 bits per heavy atom. The van der Waals surface area contributed by atoms with Gasteiger partial charge in [0.1, 0.15) is 12.3 Å². The summed E-state index contributed by atoms with van der Waals surface area (Å²) in [6, 6.07) is 10.4. The third-order valence-corrected chi connectivity index (χ3v) is 4.49. The highest BCUT2D eigenvalue weighted by atomic mass is 32.2. The monoisotopic (exact) mass is 371 g/mol. The van der Waals surface area contributed by atoms with Crippen LogP contribution in [-0.4, -0.2) is 37.7 Å². The number of ketones is 1. The lowest BCUT2D eigenvalue weighted by Gasteiger charge is -2.05. The van der Waals surface area contributed by atoms with E-state index in [4.69, 9.17) is 4.42 Å². The first-order valence-electron chi connectivity index (χ1n) is 8.00. The Morgan fingerprint density at radius 2 is 2.04 bits per heavy atom. The van der Waals surface area contributed by atoms with Gasteiger partial charge >= 0.3 is 0 Å². The minimum absolute atomic E-state index is 0.0454. The summed E-state index contributed by atoms with van der Waals surface area (Å²) in [5.41, 5.74) is 1.24. The molecule has 0 saturated heterocycles. The Kier molecular flexibility index (Phi) is 5.80. The fraction of sp³-hybridized carbons (Fsp3) is 0.235. The molecule has 0 saturated carbocycles. The Balaban J connectivity index is 1.57. The molecule has 0 aliphatic carbocycles. The maximum Gasteiger partial charge on any atom is 0.224 e. The average molecular weight is 371 g/mol. The van der Waals surface area contributed by atoms with Crippen molar-refractivity contribution in [2.75, 3.05) is 11.1 Å². The van der Waals surface area contributed by atoms with Gasteiger partial charge in [-0.05, 0) is 46.8 Å². The number of thioether (sulfide) groups is 1. The van der Waals surface area contributed by atoms with Crippen LogP contribution in [0.25, 0.3) is 0 Å². The van der Waals surface area contributed by atoms with E-state index in [9.17, 15) is 9.59 Å². The van der Waals surface area contributed by atoms with Crippen LogP contribution in [0, 0.1) is 0 Å². The SMILES string of the molecule is CCC(=O)Nc1ccc(C(=O)CSc2nnnn2Cc2ccco2)cc1. The normalized spacial score (nSPS) is 10.7. The summed E-state index contributed by atoms with van der Waals surface area (Å²) in [4.78, 5) is 23.7. The zero-order valence-corrected chi connectivity index (χ0v) is 14.9. The molecule has 2 heterocycles. The first-order valence-corrected chi connectivity index (χ1v) is 8.98. The highest BCUT2D eigenvalue weighted by molar-refractivity contribution is 7.99. The van der Waals surface area contributed by atoms with E-state index in [2.05, 4.69) is 20.8 Å². The van der Waals surface area contributed by atoms with Gasteiger partial charge in [0.2, 0.25) is 11.1 Å². The summed E-state index contributed by atoms with van der Waals surface area (Å²) in [7, 11) is 0. The average Bonchev–Trinajstić information content (AvgIpc) is 3.32. The van der Waals surface area contributed by atoms with Crippen LogP contribution in [0.15, 0.2) is 52.2 Å². The van der Waals surface area contributed by atoms with Gasteiger partial charge in [0.05, 0.1) is 12.0 Å². The molecule has 26 heavy (non-hydrogen) atoms. The van der Waals surface area contributed by atoms with Gasteiger partial charge in [0.15, 0.2) is 5.78 Å². The molecule has 2 aromatic heterocycles. The predicted octanol–water partition coefficient (Wildman–Crippen LogP) is 2.64. The fourth-order valence-electron chi connectivity index (χ4n) is 2.15. The van der Waals surface area contributed by atoms with Crippen LogP contribution in [0.4, 0.5) is 5.69 Å². The van der Waals surface area contributed by atoms with Gasteiger partial charge < -0.3 is 9.73 Å². The molecule has 0 spiro atoms. The van der Waals surface area contributed by atoms with E-state index in [1.54, 1.807) is 48.2 Å². The van der Waals surface area contributed by atoms with E-state index in [1.165, 1.54) is 11.8 Å². The van der Waals surface area contributed by atoms with E-state index in [0.717, 1.165) is 5.76 Å². The summed E-state index contributed by atoms with van der Waals surface area (Å²) in [5, 5.41) is 14.8. The van der Waals surface area contributed by atoms with Crippen molar-refractivity contribution in [2.24, 2.45) is 0 Å². The second-order valence-corrected chi connectivity index (χ2v) is 6.33. The molecular weight excluding hydrogens is 354 g/mol. The lowest BCUT2D eigenvalue weighted by Crippen LogP contribution is -2.10. The van der Waals surface area contributed by atoms with Crippen molar-refractivity contribution in [1.29, 1.82) is 0 Å². The van der Waals surface area contributed by atoms with Crippen LogP contribution in [0.2, 0.25) is 0 Å². The zero-order chi connectivity index (χ0) is 18.4. The molecule has 0 unspecified atom stereocenters.